The summed E-state index contributed by atoms with van der Waals surface area (Å²) >= 11 is 0. The molecule has 150 valence electrons. The molecule has 4 heteroatoms. The molecule has 0 radical (unpaired) electrons. The van der Waals surface area contributed by atoms with Gasteiger partial charge in [-0.25, -0.2) is 0 Å². The van der Waals surface area contributed by atoms with E-state index >= 15 is 0 Å². The molecule has 0 saturated carbocycles. The zero-order valence-corrected chi connectivity index (χ0v) is 16.8. The third-order valence-corrected chi connectivity index (χ3v) is 4.47. The van der Waals surface area contributed by atoms with Crippen molar-refractivity contribution >= 4 is 11.6 Å². The van der Waals surface area contributed by atoms with Crippen molar-refractivity contribution in [3.63, 3.8) is 0 Å². The Morgan fingerprint density at radius 2 is 1.41 bits per heavy atom. The second-order valence-corrected chi connectivity index (χ2v) is 6.83. The molecule has 3 aromatic carbocycles. The smallest absolute Gasteiger partial charge is 0.255 e. The summed E-state index contributed by atoms with van der Waals surface area (Å²) in [6.45, 7) is 2.90. The first-order chi connectivity index (χ1) is 14.2. The standard InChI is InChI=1S/C25H27NO3/c1-2-3-4-8-19-28-22-15-11-20(12-16-22)25(27)26-21-13-17-24(18-14-21)29-23-9-6-5-7-10-23/h5-7,9-18H,2-4,8,19H2,1H3,(H,26,27). The lowest BCUT2D eigenvalue weighted by Gasteiger charge is -2.09. The molecule has 0 atom stereocenters. The van der Waals surface area contributed by atoms with Crippen LogP contribution < -0.4 is 14.8 Å². The summed E-state index contributed by atoms with van der Waals surface area (Å²) in [5.41, 5.74) is 1.31. The van der Waals surface area contributed by atoms with E-state index in [2.05, 4.69) is 12.2 Å². The van der Waals surface area contributed by atoms with Gasteiger partial charge in [0.1, 0.15) is 17.2 Å². The topological polar surface area (TPSA) is 47.6 Å². The van der Waals surface area contributed by atoms with Crippen LogP contribution in [-0.4, -0.2) is 12.5 Å². The van der Waals surface area contributed by atoms with Crippen LogP contribution in [0.4, 0.5) is 5.69 Å². The fourth-order valence-electron chi connectivity index (χ4n) is 2.86. The fourth-order valence-corrected chi connectivity index (χ4v) is 2.86. The summed E-state index contributed by atoms with van der Waals surface area (Å²) in [4.78, 5) is 12.5. The number of hydrogen-bond donors (Lipinski definition) is 1. The number of unbranched alkanes of at least 4 members (excludes halogenated alkanes) is 3. The molecule has 0 aliphatic rings. The van der Waals surface area contributed by atoms with Gasteiger partial charge in [0.25, 0.3) is 5.91 Å². The minimum Gasteiger partial charge on any atom is -0.494 e. The highest BCUT2D eigenvalue weighted by molar-refractivity contribution is 6.04. The summed E-state index contributed by atoms with van der Waals surface area (Å²) in [6, 6.07) is 24.1. The Morgan fingerprint density at radius 1 is 0.759 bits per heavy atom. The Labute approximate surface area is 172 Å². The van der Waals surface area contributed by atoms with Crippen LogP contribution in [0.3, 0.4) is 0 Å². The second kappa shape index (κ2) is 10.9. The van der Waals surface area contributed by atoms with Gasteiger partial charge in [-0.15, -0.1) is 0 Å². The summed E-state index contributed by atoms with van der Waals surface area (Å²) < 4.78 is 11.5. The molecule has 0 aliphatic carbocycles. The van der Waals surface area contributed by atoms with Crippen molar-refractivity contribution in [2.24, 2.45) is 0 Å². The van der Waals surface area contributed by atoms with Gasteiger partial charge in [0, 0.05) is 11.3 Å². The van der Waals surface area contributed by atoms with Crippen molar-refractivity contribution in [2.45, 2.75) is 32.6 Å². The zero-order valence-electron chi connectivity index (χ0n) is 16.8. The molecule has 0 aliphatic heterocycles. The normalized spacial score (nSPS) is 10.4. The SMILES string of the molecule is CCCCCCOc1ccc(C(=O)Nc2ccc(Oc3ccccc3)cc2)cc1. The molecule has 0 aromatic heterocycles. The van der Waals surface area contributed by atoms with Crippen LogP contribution in [0.25, 0.3) is 0 Å². The number of anilines is 1. The largest absolute Gasteiger partial charge is 0.494 e. The lowest BCUT2D eigenvalue weighted by molar-refractivity contribution is 0.102. The van der Waals surface area contributed by atoms with Crippen LogP contribution in [0, 0.1) is 0 Å². The van der Waals surface area contributed by atoms with E-state index in [-0.39, 0.29) is 5.91 Å². The van der Waals surface area contributed by atoms with E-state index in [9.17, 15) is 4.79 Å². The number of carbonyl (C=O) groups is 1. The number of ether oxygens (including phenoxy) is 2. The van der Waals surface area contributed by atoms with E-state index in [0.717, 1.165) is 23.7 Å². The van der Waals surface area contributed by atoms with Gasteiger partial charge in [-0.05, 0) is 67.1 Å². The lowest BCUT2D eigenvalue weighted by Crippen LogP contribution is -2.11. The number of para-hydroxylation sites is 1. The van der Waals surface area contributed by atoms with Gasteiger partial charge < -0.3 is 14.8 Å². The van der Waals surface area contributed by atoms with Crippen molar-refractivity contribution in [3.8, 4) is 17.2 Å². The monoisotopic (exact) mass is 389 g/mol. The quantitative estimate of drug-likeness (QED) is 0.393. The average molecular weight is 389 g/mol. The van der Waals surface area contributed by atoms with Gasteiger partial charge in [0.2, 0.25) is 0 Å². The van der Waals surface area contributed by atoms with Gasteiger partial charge in [0.15, 0.2) is 0 Å². The van der Waals surface area contributed by atoms with Crippen LogP contribution in [0.5, 0.6) is 17.2 Å². The van der Waals surface area contributed by atoms with Crippen molar-refractivity contribution in [2.75, 3.05) is 11.9 Å². The molecule has 1 N–H and O–H groups in total. The maximum atomic E-state index is 12.5. The first-order valence-corrected chi connectivity index (χ1v) is 10.1. The number of benzene rings is 3. The minimum atomic E-state index is -0.156. The van der Waals surface area contributed by atoms with Gasteiger partial charge in [-0.3, -0.25) is 4.79 Å². The third-order valence-electron chi connectivity index (χ3n) is 4.47. The van der Waals surface area contributed by atoms with Crippen LogP contribution in [0.2, 0.25) is 0 Å². The molecule has 3 aromatic rings. The molecule has 0 bridgehead atoms. The maximum Gasteiger partial charge on any atom is 0.255 e. The van der Waals surface area contributed by atoms with Crippen molar-refractivity contribution in [1.29, 1.82) is 0 Å². The molecular formula is C25H27NO3. The molecule has 0 heterocycles. The van der Waals surface area contributed by atoms with Gasteiger partial charge in [0.05, 0.1) is 6.61 Å². The van der Waals surface area contributed by atoms with E-state index in [1.165, 1.54) is 19.3 Å². The van der Waals surface area contributed by atoms with Crippen molar-refractivity contribution in [1.82, 2.24) is 0 Å². The molecule has 3 rings (SSSR count). The highest BCUT2D eigenvalue weighted by atomic mass is 16.5. The second-order valence-electron chi connectivity index (χ2n) is 6.83. The van der Waals surface area contributed by atoms with E-state index in [4.69, 9.17) is 9.47 Å². The van der Waals surface area contributed by atoms with E-state index < -0.39 is 0 Å². The predicted octanol–water partition coefficient (Wildman–Crippen LogP) is 6.69. The van der Waals surface area contributed by atoms with Gasteiger partial charge in [-0.2, -0.15) is 0 Å². The first-order valence-electron chi connectivity index (χ1n) is 10.1. The van der Waals surface area contributed by atoms with Gasteiger partial charge >= 0.3 is 0 Å². The minimum absolute atomic E-state index is 0.156. The molecule has 0 spiro atoms. The Kier molecular flexibility index (Phi) is 7.70. The van der Waals surface area contributed by atoms with Crippen LogP contribution in [-0.2, 0) is 0 Å². The summed E-state index contributed by atoms with van der Waals surface area (Å²) in [7, 11) is 0. The predicted molar refractivity (Wildman–Crippen MR) is 117 cm³/mol. The highest BCUT2D eigenvalue weighted by Gasteiger charge is 2.07. The summed E-state index contributed by atoms with van der Waals surface area (Å²) in [6.07, 6.45) is 4.70. The molecule has 0 saturated heterocycles. The third kappa shape index (κ3) is 6.68. The molecule has 1 amide bonds. The van der Waals surface area contributed by atoms with Crippen molar-refractivity contribution < 1.29 is 14.3 Å². The van der Waals surface area contributed by atoms with Gasteiger partial charge in [-0.1, -0.05) is 44.4 Å². The van der Waals surface area contributed by atoms with E-state index in [0.29, 0.717) is 17.9 Å². The molecule has 0 unspecified atom stereocenters. The number of nitrogens with one attached hydrogen (secondary N) is 1. The van der Waals surface area contributed by atoms with E-state index in [1.54, 1.807) is 12.1 Å². The fraction of sp³-hybridized carbons (Fsp3) is 0.240. The number of hydrogen-bond acceptors (Lipinski definition) is 3. The summed E-state index contributed by atoms with van der Waals surface area (Å²) in [5.74, 6) is 2.13. The maximum absolute atomic E-state index is 12.5. The molecular weight excluding hydrogens is 362 g/mol. The zero-order chi connectivity index (χ0) is 20.3. The lowest BCUT2D eigenvalue weighted by atomic mass is 10.2. The first kappa shape index (κ1) is 20.5. The number of rotatable bonds is 10. The Balaban J connectivity index is 1.49. The summed E-state index contributed by atoms with van der Waals surface area (Å²) in [5, 5.41) is 2.90. The van der Waals surface area contributed by atoms with E-state index in [1.807, 2.05) is 66.7 Å². The Hall–Kier alpha value is -3.27. The Morgan fingerprint density at radius 3 is 2.10 bits per heavy atom. The number of carbonyl (C=O) groups excluding carboxylic acids is 1. The molecule has 0 fully saturated rings. The average Bonchev–Trinajstić information content (AvgIpc) is 2.76. The van der Waals surface area contributed by atoms with Crippen LogP contribution in [0.1, 0.15) is 43.0 Å². The highest BCUT2D eigenvalue weighted by Crippen LogP contribution is 2.23. The number of amides is 1. The molecule has 29 heavy (non-hydrogen) atoms. The van der Waals surface area contributed by atoms with Crippen LogP contribution >= 0.6 is 0 Å². The Bertz CT molecular complexity index is 874. The molecule has 4 nitrogen and oxygen atoms in total. The van der Waals surface area contributed by atoms with Crippen LogP contribution in [0.15, 0.2) is 78.9 Å². The van der Waals surface area contributed by atoms with Crippen molar-refractivity contribution in [3.05, 3.63) is 84.4 Å².